The van der Waals surface area contributed by atoms with E-state index < -0.39 is 0 Å². The largest absolute Gasteiger partial charge is 0.293 e. The highest BCUT2D eigenvalue weighted by atomic mass is 15.1. The van der Waals surface area contributed by atoms with Crippen LogP contribution >= 0.6 is 0 Å². The third-order valence-corrected chi connectivity index (χ3v) is 12.8. The highest BCUT2D eigenvalue weighted by Gasteiger charge is 2.23. The zero-order valence-electron chi connectivity index (χ0n) is 37.9. The van der Waals surface area contributed by atoms with Crippen LogP contribution in [0.4, 0.5) is 0 Å². The van der Waals surface area contributed by atoms with Crippen molar-refractivity contribution < 1.29 is 0 Å². The molecular formula is C63H44N6. The molecule has 12 rings (SSSR count). The van der Waals surface area contributed by atoms with Gasteiger partial charge in [-0.05, 0) is 88.3 Å². The minimum Gasteiger partial charge on any atom is -0.293 e. The van der Waals surface area contributed by atoms with E-state index in [1.165, 1.54) is 11.1 Å². The Hall–Kier alpha value is -9.13. The summed E-state index contributed by atoms with van der Waals surface area (Å²) in [4.78, 5) is 26.1. The van der Waals surface area contributed by atoms with Crippen molar-refractivity contribution in [3.63, 3.8) is 0 Å². The Morgan fingerprint density at radius 1 is 0.290 bits per heavy atom. The van der Waals surface area contributed by atoms with Crippen LogP contribution < -0.4 is 0 Å². The van der Waals surface area contributed by atoms with E-state index in [0.717, 1.165) is 95.4 Å². The zero-order valence-corrected chi connectivity index (χ0v) is 37.9. The van der Waals surface area contributed by atoms with Crippen molar-refractivity contribution in [2.24, 2.45) is 0 Å². The third kappa shape index (κ3) is 7.94. The Kier molecular flexibility index (Phi) is 10.7. The smallest absolute Gasteiger partial charge is 0.164 e. The maximum absolute atomic E-state index is 5.50. The second-order valence-corrected chi connectivity index (χ2v) is 17.2. The average molecular weight is 885 g/mol. The first kappa shape index (κ1) is 41.3. The van der Waals surface area contributed by atoms with E-state index in [-0.39, 0.29) is 0 Å². The van der Waals surface area contributed by atoms with Crippen molar-refractivity contribution in [3.8, 4) is 96.0 Å². The van der Waals surface area contributed by atoms with Gasteiger partial charge in [0.05, 0.1) is 16.7 Å². The highest BCUT2D eigenvalue weighted by Crippen LogP contribution is 2.41. The second kappa shape index (κ2) is 17.9. The fraction of sp³-hybridized carbons (Fsp3) is 0.0317. The number of hydrogen-bond acceptors (Lipinski definition) is 5. The molecule has 0 bridgehead atoms. The van der Waals surface area contributed by atoms with E-state index >= 15 is 0 Å². The number of fused-ring (bicyclic) bond motifs is 3. The first-order valence-electron chi connectivity index (χ1n) is 23.4. The summed E-state index contributed by atoms with van der Waals surface area (Å²) in [6, 6.07) is 82.6. The van der Waals surface area contributed by atoms with Gasteiger partial charge in [-0.15, -0.1) is 0 Å². The Balaban J connectivity index is 1.13. The van der Waals surface area contributed by atoms with Crippen LogP contribution in [0.15, 0.2) is 237 Å². The SMILES string of the molecule is CCc1c(-c2ccccc2)nc(-c2ccccc2)nc1-n1c2ccc(-c3cc(-c4ccccc4)cc(-c4ccccc4)c3)cc2c2cc(-c3nc(-c4ccccc4)nc(-c4ccccc4)n3)ccc21. The summed E-state index contributed by atoms with van der Waals surface area (Å²) < 4.78 is 2.34. The molecule has 6 heteroatoms. The molecular weight excluding hydrogens is 841 g/mol. The van der Waals surface area contributed by atoms with E-state index in [1.54, 1.807) is 0 Å². The van der Waals surface area contributed by atoms with Crippen molar-refractivity contribution in [2.45, 2.75) is 13.3 Å². The molecule has 0 spiro atoms. The molecule has 6 nitrogen and oxygen atoms in total. The van der Waals surface area contributed by atoms with Crippen LogP contribution in [-0.2, 0) is 6.42 Å². The van der Waals surface area contributed by atoms with Gasteiger partial charge < -0.3 is 0 Å². The maximum atomic E-state index is 5.50. The van der Waals surface area contributed by atoms with Crippen LogP contribution in [0.2, 0.25) is 0 Å². The Morgan fingerprint density at radius 3 is 1.07 bits per heavy atom. The van der Waals surface area contributed by atoms with Gasteiger partial charge in [0.2, 0.25) is 0 Å². The summed E-state index contributed by atoms with van der Waals surface area (Å²) in [7, 11) is 0. The van der Waals surface area contributed by atoms with Gasteiger partial charge in [0.15, 0.2) is 23.3 Å². The quantitative estimate of drug-likeness (QED) is 0.137. The molecule has 0 N–H and O–H groups in total. The van der Waals surface area contributed by atoms with E-state index in [0.29, 0.717) is 23.3 Å². The number of hydrogen-bond donors (Lipinski definition) is 0. The first-order valence-corrected chi connectivity index (χ1v) is 23.4. The molecule has 0 atom stereocenters. The molecule has 12 aromatic rings. The molecule has 9 aromatic carbocycles. The maximum Gasteiger partial charge on any atom is 0.164 e. The molecule has 0 aliphatic rings. The van der Waals surface area contributed by atoms with Gasteiger partial charge in [-0.25, -0.2) is 24.9 Å². The van der Waals surface area contributed by atoms with Crippen molar-refractivity contribution in [1.29, 1.82) is 0 Å². The zero-order chi connectivity index (χ0) is 46.1. The van der Waals surface area contributed by atoms with Gasteiger partial charge in [0.25, 0.3) is 0 Å². The van der Waals surface area contributed by atoms with Crippen LogP contribution in [0.1, 0.15) is 12.5 Å². The van der Waals surface area contributed by atoms with Crippen LogP contribution in [0.3, 0.4) is 0 Å². The third-order valence-electron chi connectivity index (χ3n) is 12.8. The first-order chi connectivity index (χ1) is 34.1. The van der Waals surface area contributed by atoms with E-state index in [2.05, 4.69) is 163 Å². The molecule has 0 unspecified atom stereocenters. The van der Waals surface area contributed by atoms with Crippen molar-refractivity contribution in [1.82, 2.24) is 29.5 Å². The fourth-order valence-electron chi connectivity index (χ4n) is 9.43. The van der Waals surface area contributed by atoms with Crippen molar-refractivity contribution in [3.05, 3.63) is 242 Å². The molecule has 0 fully saturated rings. The monoisotopic (exact) mass is 884 g/mol. The number of rotatable bonds is 10. The average Bonchev–Trinajstić information content (AvgIpc) is 3.76. The number of aromatic nitrogens is 6. The van der Waals surface area contributed by atoms with Gasteiger partial charge in [-0.1, -0.05) is 195 Å². The van der Waals surface area contributed by atoms with Crippen molar-refractivity contribution in [2.75, 3.05) is 0 Å². The molecule has 3 heterocycles. The lowest BCUT2D eigenvalue weighted by Gasteiger charge is -2.17. The molecule has 0 saturated carbocycles. The summed E-state index contributed by atoms with van der Waals surface area (Å²) in [5.41, 5.74) is 15.6. The van der Waals surface area contributed by atoms with Gasteiger partial charge in [-0.3, -0.25) is 4.57 Å². The lowest BCUT2D eigenvalue weighted by atomic mass is 9.93. The van der Waals surface area contributed by atoms with Gasteiger partial charge in [0.1, 0.15) is 5.82 Å². The number of nitrogens with zero attached hydrogens (tertiary/aromatic N) is 6. The minimum atomic E-state index is 0.596. The van der Waals surface area contributed by atoms with Crippen LogP contribution in [-0.4, -0.2) is 29.5 Å². The minimum absolute atomic E-state index is 0.596. The van der Waals surface area contributed by atoms with Crippen LogP contribution in [0.25, 0.3) is 118 Å². The fourth-order valence-corrected chi connectivity index (χ4v) is 9.43. The van der Waals surface area contributed by atoms with Gasteiger partial charge in [-0.2, -0.15) is 0 Å². The summed E-state index contributed by atoms with van der Waals surface area (Å²) in [6.07, 6.45) is 0.718. The van der Waals surface area contributed by atoms with Crippen molar-refractivity contribution >= 4 is 21.8 Å². The molecule has 69 heavy (non-hydrogen) atoms. The molecule has 326 valence electrons. The summed E-state index contributed by atoms with van der Waals surface area (Å²) in [5, 5.41) is 2.14. The summed E-state index contributed by atoms with van der Waals surface area (Å²) in [6.45, 7) is 2.19. The molecule has 0 aliphatic carbocycles. The Morgan fingerprint density at radius 2 is 0.638 bits per heavy atom. The van der Waals surface area contributed by atoms with Gasteiger partial charge in [0, 0.05) is 44.2 Å². The Labute approximate surface area is 401 Å². The predicted octanol–water partition coefficient (Wildman–Crippen LogP) is 15.7. The summed E-state index contributed by atoms with van der Waals surface area (Å²) in [5.74, 6) is 3.35. The molecule has 0 radical (unpaired) electrons. The van der Waals surface area contributed by atoms with Crippen LogP contribution in [0, 0.1) is 0 Å². The normalized spacial score (nSPS) is 11.3. The highest BCUT2D eigenvalue weighted by molar-refractivity contribution is 6.12. The molecule has 0 saturated heterocycles. The second-order valence-electron chi connectivity index (χ2n) is 17.2. The topological polar surface area (TPSA) is 69.4 Å². The molecule has 3 aromatic heterocycles. The summed E-state index contributed by atoms with van der Waals surface area (Å²) >= 11 is 0. The van der Waals surface area contributed by atoms with E-state index in [9.17, 15) is 0 Å². The van der Waals surface area contributed by atoms with Gasteiger partial charge >= 0.3 is 0 Å². The van der Waals surface area contributed by atoms with E-state index in [1.807, 2.05) is 84.9 Å². The number of benzene rings is 9. The predicted molar refractivity (Wildman–Crippen MR) is 283 cm³/mol. The standard InChI is InChI=1S/C63H44N6/c1-2-53-58(44-25-13-5-14-26-44)64-59(45-27-15-6-16-28-45)68-63(53)69-56-35-33-48(52-38-50(42-21-9-3-10-22-42)37-51(39-52)43-23-11-4-12-24-43)40-54(56)55-41-49(34-36-57(55)69)62-66-60(46-29-17-7-18-30-46)65-61(67-62)47-31-19-8-20-32-47/h3-41H,2H2,1H3. The molecule has 0 aliphatic heterocycles. The lowest BCUT2D eigenvalue weighted by molar-refractivity contribution is 0.974. The Bertz CT molecular complexity index is 3480. The molecule has 0 amide bonds. The lowest BCUT2D eigenvalue weighted by Crippen LogP contribution is -2.08. The van der Waals surface area contributed by atoms with E-state index in [4.69, 9.17) is 24.9 Å². The van der Waals surface area contributed by atoms with Crippen LogP contribution in [0.5, 0.6) is 0 Å².